The van der Waals surface area contributed by atoms with Crippen LogP contribution < -0.4 is 5.32 Å². The van der Waals surface area contributed by atoms with Crippen LogP contribution in [-0.4, -0.2) is 18.7 Å². The van der Waals surface area contributed by atoms with Gasteiger partial charge in [-0.1, -0.05) is 20.3 Å². The molecule has 0 aromatic heterocycles. The molecule has 0 radical (unpaired) electrons. The Morgan fingerprint density at radius 3 is 2.58 bits per heavy atom. The Hall–Kier alpha value is -0.570. The lowest BCUT2D eigenvalue weighted by Crippen LogP contribution is -2.26. The standard InChI is InChI=1S/C9H19NO2/c1-4-6-9(5-2)12-7-10-8(3)11/h9H,4-7H2,1-3H3,(H,10,11). The highest BCUT2D eigenvalue weighted by Gasteiger charge is 2.03. The molecule has 1 amide bonds. The minimum atomic E-state index is -0.0404. The molecule has 72 valence electrons. The number of ether oxygens (including phenoxy) is 1. The molecule has 12 heavy (non-hydrogen) atoms. The Balaban J connectivity index is 3.37. The number of rotatable bonds is 6. The van der Waals surface area contributed by atoms with Crippen molar-refractivity contribution < 1.29 is 9.53 Å². The van der Waals surface area contributed by atoms with Crippen molar-refractivity contribution >= 4 is 5.91 Å². The molecule has 0 rings (SSSR count). The summed E-state index contributed by atoms with van der Waals surface area (Å²) in [5.41, 5.74) is 0. The van der Waals surface area contributed by atoms with E-state index in [1.54, 1.807) is 0 Å². The van der Waals surface area contributed by atoms with Gasteiger partial charge in [0.2, 0.25) is 5.91 Å². The van der Waals surface area contributed by atoms with Gasteiger partial charge in [-0.3, -0.25) is 4.79 Å². The van der Waals surface area contributed by atoms with Gasteiger partial charge in [0.05, 0.1) is 6.10 Å². The van der Waals surface area contributed by atoms with Crippen LogP contribution in [0.1, 0.15) is 40.0 Å². The summed E-state index contributed by atoms with van der Waals surface area (Å²) in [5.74, 6) is -0.0404. The molecule has 3 nitrogen and oxygen atoms in total. The first-order valence-corrected chi connectivity index (χ1v) is 4.56. The molecular weight excluding hydrogens is 154 g/mol. The topological polar surface area (TPSA) is 38.3 Å². The Morgan fingerprint density at radius 1 is 1.50 bits per heavy atom. The summed E-state index contributed by atoms with van der Waals surface area (Å²) in [5, 5.41) is 2.61. The van der Waals surface area contributed by atoms with E-state index < -0.39 is 0 Å². The lowest BCUT2D eigenvalue weighted by molar-refractivity contribution is -0.121. The molecule has 0 fully saturated rings. The third kappa shape index (κ3) is 6.16. The van der Waals surface area contributed by atoms with E-state index in [9.17, 15) is 4.79 Å². The van der Waals surface area contributed by atoms with Gasteiger partial charge in [-0.05, 0) is 12.8 Å². The largest absolute Gasteiger partial charge is 0.358 e. The van der Waals surface area contributed by atoms with Crippen LogP contribution in [0.15, 0.2) is 0 Å². The molecule has 0 aliphatic carbocycles. The van der Waals surface area contributed by atoms with E-state index in [1.165, 1.54) is 6.92 Å². The summed E-state index contributed by atoms with van der Waals surface area (Å²) < 4.78 is 5.41. The SMILES string of the molecule is CCCC(CC)OCNC(C)=O. The van der Waals surface area contributed by atoms with Gasteiger partial charge >= 0.3 is 0 Å². The maximum Gasteiger partial charge on any atom is 0.218 e. The summed E-state index contributed by atoms with van der Waals surface area (Å²) in [6.07, 6.45) is 3.49. The predicted molar refractivity (Wildman–Crippen MR) is 48.8 cm³/mol. The molecule has 0 aromatic carbocycles. The Morgan fingerprint density at radius 2 is 2.17 bits per heavy atom. The zero-order chi connectivity index (χ0) is 9.40. The van der Waals surface area contributed by atoms with Gasteiger partial charge in [0.25, 0.3) is 0 Å². The predicted octanol–water partition coefficient (Wildman–Crippen LogP) is 1.68. The van der Waals surface area contributed by atoms with Crippen LogP contribution in [0.2, 0.25) is 0 Å². The molecule has 1 unspecified atom stereocenters. The Kier molecular flexibility index (Phi) is 6.76. The van der Waals surface area contributed by atoms with Crippen molar-refractivity contribution in [2.75, 3.05) is 6.73 Å². The lowest BCUT2D eigenvalue weighted by atomic mass is 10.2. The minimum absolute atomic E-state index is 0.0404. The number of hydrogen-bond donors (Lipinski definition) is 1. The zero-order valence-corrected chi connectivity index (χ0v) is 8.22. The molecule has 0 saturated heterocycles. The molecule has 0 aliphatic heterocycles. The minimum Gasteiger partial charge on any atom is -0.358 e. The number of carbonyl (C=O) groups is 1. The number of carbonyl (C=O) groups excluding carboxylic acids is 1. The average Bonchev–Trinajstić information content (AvgIpc) is 2.02. The highest BCUT2D eigenvalue weighted by atomic mass is 16.5. The second-order valence-electron chi connectivity index (χ2n) is 2.86. The van der Waals surface area contributed by atoms with E-state index >= 15 is 0 Å². The quantitative estimate of drug-likeness (QED) is 0.620. The monoisotopic (exact) mass is 173 g/mol. The lowest BCUT2D eigenvalue weighted by Gasteiger charge is -2.14. The van der Waals surface area contributed by atoms with Gasteiger partial charge in [0, 0.05) is 6.92 Å². The van der Waals surface area contributed by atoms with E-state index in [1.807, 2.05) is 0 Å². The fourth-order valence-electron chi connectivity index (χ4n) is 0.988. The summed E-state index contributed by atoms with van der Waals surface area (Å²) >= 11 is 0. The summed E-state index contributed by atoms with van der Waals surface area (Å²) in [6, 6.07) is 0. The normalized spacial score (nSPS) is 12.6. The first-order valence-electron chi connectivity index (χ1n) is 4.56. The van der Waals surface area contributed by atoms with Crippen LogP contribution in [0.5, 0.6) is 0 Å². The first-order chi connectivity index (χ1) is 5.70. The second kappa shape index (κ2) is 7.10. The van der Waals surface area contributed by atoms with Crippen LogP contribution >= 0.6 is 0 Å². The van der Waals surface area contributed by atoms with Crippen molar-refractivity contribution in [1.82, 2.24) is 5.32 Å². The molecule has 0 aliphatic rings. The molecule has 0 saturated carbocycles. The molecular formula is C9H19NO2. The van der Waals surface area contributed by atoms with E-state index in [0.29, 0.717) is 12.8 Å². The molecule has 0 aromatic rings. The van der Waals surface area contributed by atoms with Crippen molar-refractivity contribution in [3.8, 4) is 0 Å². The molecule has 0 spiro atoms. The first kappa shape index (κ1) is 11.4. The van der Waals surface area contributed by atoms with Crippen LogP contribution in [0.25, 0.3) is 0 Å². The Labute approximate surface area is 74.5 Å². The summed E-state index contributed by atoms with van der Waals surface area (Å²) in [6.45, 7) is 6.05. The van der Waals surface area contributed by atoms with Gasteiger partial charge in [-0.25, -0.2) is 0 Å². The van der Waals surface area contributed by atoms with Gasteiger partial charge < -0.3 is 10.1 Å². The van der Waals surface area contributed by atoms with E-state index in [4.69, 9.17) is 4.74 Å². The van der Waals surface area contributed by atoms with Crippen LogP contribution in [0.4, 0.5) is 0 Å². The maximum absolute atomic E-state index is 10.5. The van der Waals surface area contributed by atoms with Crippen LogP contribution in [0.3, 0.4) is 0 Å². The fourth-order valence-corrected chi connectivity index (χ4v) is 0.988. The summed E-state index contributed by atoms with van der Waals surface area (Å²) in [7, 11) is 0. The molecule has 1 atom stereocenters. The third-order valence-electron chi connectivity index (χ3n) is 1.71. The summed E-state index contributed by atoms with van der Waals surface area (Å²) in [4.78, 5) is 10.5. The van der Waals surface area contributed by atoms with Crippen molar-refractivity contribution in [1.29, 1.82) is 0 Å². The molecule has 0 heterocycles. The molecule has 1 N–H and O–H groups in total. The van der Waals surface area contributed by atoms with Gasteiger partial charge in [-0.15, -0.1) is 0 Å². The second-order valence-corrected chi connectivity index (χ2v) is 2.86. The highest BCUT2D eigenvalue weighted by Crippen LogP contribution is 2.04. The van der Waals surface area contributed by atoms with Crippen LogP contribution in [-0.2, 0) is 9.53 Å². The Bertz CT molecular complexity index is 126. The van der Waals surface area contributed by atoms with Gasteiger partial charge in [-0.2, -0.15) is 0 Å². The van der Waals surface area contributed by atoms with E-state index in [-0.39, 0.29) is 5.91 Å². The van der Waals surface area contributed by atoms with Crippen molar-refractivity contribution in [3.05, 3.63) is 0 Å². The fraction of sp³-hybridized carbons (Fsp3) is 0.889. The van der Waals surface area contributed by atoms with Gasteiger partial charge in [0.15, 0.2) is 0 Å². The molecule has 0 bridgehead atoms. The zero-order valence-electron chi connectivity index (χ0n) is 8.22. The van der Waals surface area contributed by atoms with Gasteiger partial charge in [0.1, 0.15) is 6.73 Å². The smallest absolute Gasteiger partial charge is 0.218 e. The van der Waals surface area contributed by atoms with Crippen molar-refractivity contribution in [2.45, 2.75) is 46.1 Å². The van der Waals surface area contributed by atoms with Crippen molar-refractivity contribution in [2.24, 2.45) is 0 Å². The van der Waals surface area contributed by atoms with Crippen molar-refractivity contribution in [3.63, 3.8) is 0 Å². The third-order valence-corrected chi connectivity index (χ3v) is 1.71. The maximum atomic E-state index is 10.5. The number of hydrogen-bond acceptors (Lipinski definition) is 2. The highest BCUT2D eigenvalue weighted by molar-refractivity contribution is 5.72. The average molecular weight is 173 g/mol. The van der Waals surface area contributed by atoms with Crippen LogP contribution in [0, 0.1) is 0 Å². The van der Waals surface area contributed by atoms with E-state index in [2.05, 4.69) is 19.2 Å². The van der Waals surface area contributed by atoms with E-state index in [0.717, 1.165) is 19.3 Å². The molecule has 3 heteroatoms. The number of amides is 1. The number of nitrogens with one attached hydrogen (secondary N) is 1.